The molecule has 0 aromatic heterocycles. The Labute approximate surface area is 195 Å². The molecule has 7 nitrogen and oxygen atoms in total. The number of anilines is 2. The number of sulfonamides is 1. The minimum Gasteiger partial charge on any atom is -0.497 e. The van der Waals surface area contributed by atoms with Crippen molar-refractivity contribution >= 4 is 27.3 Å². The summed E-state index contributed by atoms with van der Waals surface area (Å²) >= 11 is 0. The molecule has 3 aromatic rings. The second kappa shape index (κ2) is 10.5. The van der Waals surface area contributed by atoms with Crippen molar-refractivity contribution in [3.8, 4) is 5.75 Å². The first-order valence-corrected chi connectivity index (χ1v) is 11.9. The Bertz CT molecular complexity index is 1190. The van der Waals surface area contributed by atoms with Crippen LogP contribution in [0.1, 0.15) is 11.1 Å². The van der Waals surface area contributed by atoms with E-state index in [1.54, 1.807) is 26.2 Å². The topological polar surface area (TPSA) is 79.0 Å². The normalized spacial score (nSPS) is 11.3. The molecule has 0 saturated heterocycles. The number of benzene rings is 3. The summed E-state index contributed by atoms with van der Waals surface area (Å²) in [6.45, 7) is 2.35. The van der Waals surface area contributed by atoms with E-state index in [9.17, 15) is 13.2 Å². The Balaban J connectivity index is 1.82. The highest BCUT2D eigenvalue weighted by molar-refractivity contribution is 7.89. The number of hydrogen-bond acceptors (Lipinski definition) is 5. The van der Waals surface area contributed by atoms with Gasteiger partial charge in [-0.25, -0.2) is 12.7 Å². The van der Waals surface area contributed by atoms with Crippen molar-refractivity contribution in [3.05, 3.63) is 83.9 Å². The van der Waals surface area contributed by atoms with E-state index in [0.717, 1.165) is 21.3 Å². The number of amides is 1. The Morgan fingerprint density at radius 3 is 2.24 bits per heavy atom. The van der Waals surface area contributed by atoms with Crippen molar-refractivity contribution < 1.29 is 17.9 Å². The highest BCUT2D eigenvalue weighted by Crippen LogP contribution is 2.24. The minimum absolute atomic E-state index is 0.0882. The van der Waals surface area contributed by atoms with Gasteiger partial charge in [0.1, 0.15) is 5.75 Å². The zero-order chi connectivity index (χ0) is 24.0. The fourth-order valence-corrected chi connectivity index (χ4v) is 4.51. The molecule has 0 spiro atoms. The van der Waals surface area contributed by atoms with Crippen molar-refractivity contribution in [2.75, 3.05) is 38.0 Å². The number of carbonyl (C=O) groups excluding carboxylic acids is 1. The van der Waals surface area contributed by atoms with Crippen molar-refractivity contribution in [2.24, 2.45) is 0 Å². The second-order valence-electron chi connectivity index (χ2n) is 7.86. The van der Waals surface area contributed by atoms with Crippen LogP contribution >= 0.6 is 0 Å². The molecule has 1 amide bonds. The maximum absolute atomic E-state index is 13.0. The Morgan fingerprint density at radius 2 is 1.64 bits per heavy atom. The average Bonchev–Trinajstić information content (AvgIpc) is 2.80. The number of nitrogens with zero attached hydrogens (tertiary/aromatic N) is 2. The van der Waals surface area contributed by atoms with Crippen molar-refractivity contribution in [2.45, 2.75) is 18.4 Å². The maximum atomic E-state index is 13.0. The van der Waals surface area contributed by atoms with E-state index in [1.165, 1.54) is 20.2 Å². The lowest BCUT2D eigenvalue weighted by atomic mass is 10.2. The molecular weight excluding hydrogens is 438 g/mol. The van der Waals surface area contributed by atoms with E-state index in [1.807, 2.05) is 59.5 Å². The van der Waals surface area contributed by atoms with E-state index < -0.39 is 10.0 Å². The summed E-state index contributed by atoms with van der Waals surface area (Å²) in [7, 11) is 0.953. The molecule has 0 bridgehead atoms. The molecule has 33 heavy (non-hydrogen) atoms. The average molecular weight is 468 g/mol. The Morgan fingerprint density at radius 1 is 0.970 bits per heavy atom. The van der Waals surface area contributed by atoms with Gasteiger partial charge >= 0.3 is 0 Å². The standard InChI is InChI=1S/C25H29N3O4S/c1-19-10-11-21(16-24(19)33(30,31)27(2)3)26-25(29)18-28(17-20-8-6-5-7-9-20)22-12-14-23(32-4)15-13-22/h5-16H,17-18H2,1-4H3,(H,26,29). The quantitative estimate of drug-likeness (QED) is 0.516. The van der Waals surface area contributed by atoms with Crippen LogP contribution in [-0.2, 0) is 21.4 Å². The number of nitrogens with one attached hydrogen (secondary N) is 1. The third-order valence-electron chi connectivity index (χ3n) is 5.22. The van der Waals surface area contributed by atoms with Gasteiger partial charge in [0.25, 0.3) is 0 Å². The molecule has 0 fully saturated rings. The molecule has 3 rings (SSSR count). The van der Waals surface area contributed by atoms with Gasteiger partial charge in [-0.15, -0.1) is 0 Å². The second-order valence-corrected chi connectivity index (χ2v) is 9.98. The molecule has 3 aromatic carbocycles. The van der Waals surface area contributed by atoms with Crippen LogP contribution in [0.5, 0.6) is 5.75 Å². The molecule has 0 heterocycles. The number of ether oxygens (including phenoxy) is 1. The van der Waals surface area contributed by atoms with Crippen LogP contribution in [0.15, 0.2) is 77.7 Å². The van der Waals surface area contributed by atoms with Gasteiger partial charge in [0.05, 0.1) is 18.6 Å². The predicted molar refractivity (Wildman–Crippen MR) is 131 cm³/mol. The van der Waals surface area contributed by atoms with Crippen LogP contribution < -0.4 is 15.0 Å². The van der Waals surface area contributed by atoms with Gasteiger partial charge in [-0.05, 0) is 54.4 Å². The summed E-state index contributed by atoms with van der Waals surface area (Å²) in [6.07, 6.45) is 0. The monoisotopic (exact) mass is 467 g/mol. The highest BCUT2D eigenvalue weighted by Gasteiger charge is 2.21. The van der Waals surface area contributed by atoms with E-state index in [2.05, 4.69) is 5.32 Å². The minimum atomic E-state index is -3.62. The fourth-order valence-electron chi connectivity index (χ4n) is 3.36. The summed E-state index contributed by atoms with van der Waals surface area (Å²) in [5, 5.41) is 2.84. The summed E-state index contributed by atoms with van der Waals surface area (Å²) in [4.78, 5) is 15.1. The molecule has 8 heteroatoms. The molecule has 0 atom stereocenters. The summed E-state index contributed by atoms with van der Waals surface area (Å²) < 4.78 is 31.6. The largest absolute Gasteiger partial charge is 0.497 e. The third-order valence-corrected chi connectivity index (χ3v) is 7.18. The number of methoxy groups -OCH3 is 1. The van der Waals surface area contributed by atoms with Crippen LogP contribution in [0.3, 0.4) is 0 Å². The fraction of sp³-hybridized carbons (Fsp3) is 0.240. The van der Waals surface area contributed by atoms with Crippen molar-refractivity contribution in [1.29, 1.82) is 0 Å². The number of rotatable bonds is 9. The van der Waals surface area contributed by atoms with Gasteiger partial charge in [-0.3, -0.25) is 4.79 Å². The van der Waals surface area contributed by atoms with Gasteiger partial charge in [0, 0.05) is 32.0 Å². The molecule has 0 radical (unpaired) electrons. The molecule has 174 valence electrons. The third kappa shape index (κ3) is 6.12. The molecule has 1 N–H and O–H groups in total. The molecule has 0 saturated carbocycles. The van der Waals surface area contributed by atoms with E-state index in [4.69, 9.17) is 4.74 Å². The van der Waals surface area contributed by atoms with Crippen LogP contribution in [-0.4, -0.2) is 46.4 Å². The van der Waals surface area contributed by atoms with Gasteiger partial charge in [0.2, 0.25) is 15.9 Å². The summed E-state index contributed by atoms with van der Waals surface area (Å²) in [6, 6.07) is 22.3. The van der Waals surface area contributed by atoms with Crippen molar-refractivity contribution in [3.63, 3.8) is 0 Å². The van der Waals surface area contributed by atoms with Gasteiger partial charge in [-0.1, -0.05) is 36.4 Å². The lowest BCUT2D eigenvalue weighted by Crippen LogP contribution is -2.33. The zero-order valence-corrected chi connectivity index (χ0v) is 20.1. The zero-order valence-electron chi connectivity index (χ0n) is 19.3. The van der Waals surface area contributed by atoms with Crippen LogP contribution in [0.25, 0.3) is 0 Å². The highest BCUT2D eigenvalue weighted by atomic mass is 32.2. The SMILES string of the molecule is COc1ccc(N(CC(=O)Nc2ccc(C)c(S(=O)(=O)N(C)C)c2)Cc2ccccc2)cc1. The van der Waals surface area contributed by atoms with Gasteiger partial charge in [-0.2, -0.15) is 0 Å². The summed E-state index contributed by atoms with van der Waals surface area (Å²) in [5.74, 6) is 0.482. The lowest BCUT2D eigenvalue weighted by Gasteiger charge is -2.25. The maximum Gasteiger partial charge on any atom is 0.243 e. The number of hydrogen-bond donors (Lipinski definition) is 1. The first-order chi connectivity index (χ1) is 15.7. The number of aryl methyl sites for hydroxylation is 1. The van der Waals surface area contributed by atoms with E-state index in [-0.39, 0.29) is 17.3 Å². The van der Waals surface area contributed by atoms with Crippen LogP contribution in [0, 0.1) is 6.92 Å². The first-order valence-electron chi connectivity index (χ1n) is 10.5. The molecule has 0 unspecified atom stereocenters. The molecule has 0 aliphatic heterocycles. The molecule has 0 aliphatic carbocycles. The Hall–Kier alpha value is -3.36. The number of carbonyl (C=O) groups is 1. The lowest BCUT2D eigenvalue weighted by molar-refractivity contribution is -0.115. The predicted octanol–water partition coefficient (Wildman–Crippen LogP) is 3.90. The summed E-state index contributed by atoms with van der Waals surface area (Å²) in [5.41, 5.74) is 2.98. The smallest absolute Gasteiger partial charge is 0.243 e. The van der Waals surface area contributed by atoms with Crippen LogP contribution in [0.4, 0.5) is 11.4 Å². The Kier molecular flexibility index (Phi) is 7.73. The first kappa shape index (κ1) is 24.3. The van der Waals surface area contributed by atoms with Gasteiger partial charge < -0.3 is 15.0 Å². The van der Waals surface area contributed by atoms with Crippen LogP contribution in [0.2, 0.25) is 0 Å². The molecule has 0 aliphatic rings. The van der Waals surface area contributed by atoms with Gasteiger partial charge in [0.15, 0.2) is 0 Å². The van der Waals surface area contributed by atoms with Crippen molar-refractivity contribution in [1.82, 2.24) is 4.31 Å². The molecular formula is C25H29N3O4S. The van der Waals surface area contributed by atoms with E-state index in [0.29, 0.717) is 17.8 Å². The van der Waals surface area contributed by atoms with E-state index >= 15 is 0 Å².